The van der Waals surface area contributed by atoms with Gasteiger partial charge in [-0.2, -0.15) is 5.26 Å². The number of rotatable bonds is 3. The predicted molar refractivity (Wildman–Crippen MR) is 109 cm³/mol. The highest BCUT2D eigenvalue weighted by Gasteiger charge is 2.36. The highest BCUT2D eigenvalue weighted by atomic mass is 35.5. The maximum atomic E-state index is 12.7. The molecule has 0 saturated carbocycles. The lowest BCUT2D eigenvalue weighted by atomic mass is 10.1. The van der Waals surface area contributed by atoms with Gasteiger partial charge in [-0.15, -0.1) is 0 Å². The minimum atomic E-state index is -0.423. The average molecular weight is 407 g/mol. The maximum absolute atomic E-state index is 12.7. The Morgan fingerprint density at radius 1 is 1.07 bits per heavy atom. The van der Waals surface area contributed by atoms with Gasteiger partial charge in [-0.1, -0.05) is 17.7 Å². The minimum absolute atomic E-state index is 0.269. The molecular formula is C21H11ClN2O3S. The van der Waals surface area contributed by atoms with Crippen molar-refractivity contribution >= 4 is 46.3 Å². The zero-order valence-corrected chi connectivity index (χ0v) is 15.8. The van der Waals surface area contributed by atoms with Gasteiger partial charge < -0.3 is 4.42 Å². The van der Waals surface area contributed by atoms with E-state index in [4.69, 9.17) is 21.3 Å². The summed E-state index contributed by atoms with van der Waals surface area (Å²) in [5.74, 6) is 0.634. The average Bonchev–Trinajstić information content (AvgIpc) is 3.26. The fraction of sp³-hybridized carbons (Fsp3) is 0. The van der Waals surface area contributed by atoms with Crippen LogP contribution in [0.15, 0.2) is 70.0 Å². The molecule has 1 fully saturated rings. The summed E-state index contributed by atoms with van der Waals surface area (Å²) in [5, 5.41) is 8.93. The number of thioether (sulfide) groups is 1. The molecule has 1 saturated heterocycles. The van der Waals surface area contributed by atoms with E-state index >= 15 is 0 Å². The summed E-state index contributed by atoms with van der Waals surface area (Å²) in [6, 6.07) is 19.1. The summed E-state index contributed by atoms with van der Waals surface area (Å²) in [5.41, 5.74) is 1.80. The first-order valence-electron chi connectivity index (χ1n) is 8.19. The van der Waals surface area contributed by atoms with E-state index in [-0.39, 0.29) is 4.91 Å². The van der Waals surface area contributed by atoms with Gasteiger partial charge in [0, 0.05) is 16.7 Å². The van der Waals surface area contributed by atoms with Crippen LogP contribution in [0.5, 0.6) is 0 Å². The molecule has 2 aromatic carbocycles. The number of nitrogens with zero attached hydrogens (tertiary/aromatic N) is 2. The molecule has 136 valence electrons. The van der Waals surface area contributed by atoms with Crippen molar-refractivity contribution in [2.45, 2.75) is 0 Å². The number of amides is 2. The molecule has 4 rings (SSSR count). The normalized spacial score (nSPS) is 15.3. The van der Waals surface area contributed by atoms with E-state index in [2.05, 4.69) is 6.07 Å². The van der Waals surface area contributed by atoms with Crippen LogP contribution in [-0.2, 0) is 4.79 Å². The van der Waals surface area contributed by atoms with Crippen LogP contribution in [0.4, 0.5) is 10.5 Å². The summed E-state index contributed by atoms with van der Waals surface area (Å²) < 4.78 is 5.77. The topological polar surface area (TPSA) is 74.3 Å². The molecule has 0 bridgehead atoms. The van der Waals surface area contributed by atoms with Gasteiger partial charge in [0.1, 0.15) is 11.5 Å². The molecule has 0 N–H and O–H groups in total. The smallest absolute Gasteiger partial charge is 0.298 e. The molecule has 1 aromatic heterocycles. The summed E-state index contributed by atoms with van der Waals surface area (Å²) in [7, 11) is 0. The fourth-order valence-corrected chi connectivity index (χ4v) is 3.74. The van der Waals surface area contributed by atoms with Gasteiger partial charge >= 0.3 is 0 Å². The van der Waals surface area contributed by atoms with Crippen LogP contribution in [-0.4, -0.2) is 11.1 Å². The Kier molecular flexibility index (Phi) is 4.78. The molecule has 1 aliphatic heterocycles. The molecule has 0 spiro atoms. The Morgan fingerprint density at radius 3 is 2.57 bits per heavy atom. The first-order chi connectivity index (χ1) is 13.5. The number of hydrogen-bond acceptors (Lipinski definition) is 5. The van der Waals surface area contributed by atoms with Crippen molar-refractivity contribution in [3.63, 3.8) is 0 Å². The molecule has 1 aliphatic rings. The van der Waals surface area contributed by atoms with E-state index in [0.29, 0.717) is 27.8 Å². The molecule has 0 unspecified atom stereocenters. The number of furan rings is 1. The van der Waals surface area contributed by atoms with Crippen molar-refractivity contribution < 1.29 is 14.0 Å². The lowest BCUT2D eigenvalue weighted by Crippen LogP contribution is -2.27. The van der Waals surface area contributed by atoms with Gasteiger partial charge in [-0.25, -0.2) is 4.90 Å². The van der Waals surface area contributed by atoms with E-state index < -0.39 is 11.1 Å². The van der Waals surface area contributed by atoms with E-state index in [9.17, 15) is 9.59 Å². The van der Waals surface area contributed by atoms with Crippen LogP contribution in [0.2, 0.25) is 5.02 Å². The molecule has 3 aromatic rings. The van der Waals surface area contributed by atoms with Crippen molar-refractivity contribution in [2.24, 2.45) is 0 Å². The van der Waals surface area contributed by atoms with Gasteiger partial charge in [-0.3, -0.25) is 9.59 Å². The number of carbonyl (C=O) groups is 2. The summed E-state index contributed by atoms with van der Waals surface area (Å²) >= 11 is 6.81. The molecule has 0 atom stereocenters. The molecule has 0 radical (unpaired) electrons. The van der Waals surface area contributed by atoms with Crippen molar-refractivity contribution in [1.29, 1.82) is 5.26 Å². The third-order valence-electron chi connectivity index (χ3n) is 4.06. The molecule has 28 heavy (non-hydrogen) atoms. The second kappa shape index (κ2) is 7.39. The molecule has 0 aliphatic carbocycles. The lowest BCUT2D eigenvalue weighted by Gasteiger charge is -2.12. The van der Waals surface area contributed by atoms with Crippen LogP contribution >= 0.6 is 23.4 Å². The molecule has 2 amide bonds. The number of carbonyl (C=O) groups excluding carboxylic acids is 2. The summed E-state index contributed by atoms with van der Waals surface area (Å²) in [6.45, 7) is 0. The van der Waals surface area contributed by atoms with Gasteiger partial charge in [0.25, 0.3) is 11.1 Å². The Morgan fingerprint density at radius 2 is 1.86 bits per heavy atom. The first kappa shape index (κ1) is 18.1. The highest BCUT2D eigenvalue weighted by Crippen LogP contribution is 2.37. The van der Waals surface area contributed by atoms with Gasteiger partial charge in [0.2, 0.25) is 0 Å². The van der Waals surface area contributed by atoms with Crippen LogP contribution in [0.3, 0.4) is 0 Å². The monoisotopic (exact) mass is 406 g/mol. The van der Waals surface area contributed by atoms with Gasteiger partial charge in [-0.05, 0) is 66.4 Å². The third kappa shape index (κ3) is 3.46. The highest BCUT2D eigenvalue weighted by molar-refractivity contribution is 8.19. The zero-order valence-electron chi connectivity index (χ0n) is 14.3. The predicted octanol–water partition coefficient (Wildman–Crippen LogP) is 5.71. The summed E-state index contributed by atoms with van der Waals surface area (Å²) in [4.78, 5) is 26.4. The number of anilines is 1. The van der Waals surface area contributed by atoms with Crippen molar-refractivity contribution in [3.8, 4) is 17.4 Å². The van der Waals surface area contributed by atoms with Crippen molar-refractivity contribution in [2.75, 3.05) is 4.90 Å². The van der Waals surface area contributed by atoms with Crippen molar-refractivity contribution in [3.05, 3.63) is 81.9 Å². The second-order valence-electron chi connectivity index (χ2n) is 5.89. The van der Waals surface area contributed by atoms with E-state index in [1.807, 2.05) is 0 Å². The van der Waals surface area contributed by atoms with Crippen LogP contribution < -0.4 is 4.90 Å². The maximum Gasteiger partial charge on any atom is 0.298 e. The molecular weight excluding hydrogens is 396 g/mol. The second-order valence-corrected chi connectivity index (χ2v) is 7.32. The first-order valence-corrected chi connectivity index (χ1v) is 9.38. The van der Waals surface area contributed by atoms with Gasteiger partial charge in [0.15, 0.2) is 0 Å². The largest absolute Gasteiger partial charge is 0.457 e. The Hall–Kier alpha value is -3.27. The van der Waals surface area contributed by atoms with Crippen molar-refractivity contribution in [1.82, 2.24) is 0 Å². The summed E-state index contributed by atoms with van der Waals surface area (Å²) in [6.07, 6.45) is 1.54. The van der Waals surface area contributed by atoms with Crippen LogP contribution in [0.25, 0.3) is 17.4 Å². The van der Waals surface area contributed by atoms with E-state index in [0.717, 1.165) is 22.2 Å². The number of benzene rings is 2. The zero-order chi connectivity index (χ0) is 19.7. The number of imide groups is 1. The number of hydrogen-bond donors (Lipinski definition) is 0. The Bertz CT molecular complexity index is 1160. The molecule has 7 heteroatoms. The number of halogens is 1. The quantitative estimate of drug-likeness (QED) is 0.520. The Balaban J connectivity index is 1.60. The Labute approximate surface area is 169 Å². The fourth-order valence-electron chi connectivity index (χ4n) is 2.73. The minimum Gasteiger partial charge on any atom is -0.457 e. The molecule has 5 nitrogen and oxygen atoms in total. The van der Waals surface area contributed by atoms with Crippen LogP contribution in [0, 0.1) is 11.3 Å². The van der Waals surface area contributed by atoms with E-state index in [1.54, 1.807) is 66.7 Å². The lowest BCUT2D eigenvalue weighted by molar-refractivity contribution is -0.113. The van der Waals surface area contributed by atoms with E-state index in [1.165, 1.54) is 0 Å². The third-order valence-corrected chi connectivity index (χ3v) is 5.16. The SMILES string of the molecule is N#Cc1ccc(-c2ccc(/C=C3/SC(=O)N(c4cccc(Cl)c4)C3=O)o2)cc1. The molecule has 2 heterocycles. The van der Waals surface area contributed by atoms with Gasteiger partial charge in [0.05, 0.1) is 22.2 Å². The standard InChI is InChI=1S/C21H11ClN2O3S/c22-15-2-1-3-16(10-15)24-20(25)19(28-21(24)26)11-17-8-9-18(27-17)14-6-4-13(12-23)5-7-14/h1-11H/b19-11+. The van der Waals surface area contributed by atoms with Crippen LogP contribution in [0.1, 0.15) is 11.3 Å². The number of nitriles is 1.